The molecule has 0 fully saturated rings. The van der Waals surface area contributed by atoms with Crippen molar-refractivity contribution in [3.8, 4) is 0 Å². The van der Waals surface area contributed by atoms with Crippen molar-refractivity contribution in [1.82, 2.24) is 9.80 Å². The van der Waals surface area contributed by atoms with E-state index in [0.717, 1.165) is 8.58 Å². The van der Waals surface area contributed by atoms with Gasteiger partial charge >= 0.3 is 0 Å². The van der Waals surface area contributed by atoms with E-state index in [2.05, 4.69) is 49.9 Å². The van der Waals surface area contributed by atoms with Crippen molar-refractivity contribution in [2.24, 2.45) is 0 Å². The second kappa shape index (κ2) is 9.66. The van der Waals surface area contributed by atoms with Gasteiger partial charge < -0.3 is 9.80 Å². The molecule has 0 aromatic rings. The van der Waals surface area contributed by atoms with Gasteiger partial charge in [-0.05, 0) is 31.8 Å². The molecule has 0 aromatic heterocycles. The van der Waals surface area contributed by atoms with Gasteiger partial charge in [0.15, 0.2) is 0 Å². The Morgan fingerprint density at radius 2 is 1.30 bits per heavy atom. The van der Waals surface area contributed by atoms with Crippen molar-refractivity contribution < 1.29 is 0 Å². The summed E-state index contributed by atoms with van der Waals surface area (Å²) in [5, 5.41) is 0.315. The van der Waals surface area contributed by atoms with Crippen LogP contribution in [0.1, 0.15) is 72.6 Å². The van der Waals surface area contributed by atoms with Crippen LogP contribution in [0.3, 0.4) is 0 Å². The quantitative estimate of drug-likeness (QED) is 0.483. The second-order valence-electron chi connectivity index (χ2n) is 5.84. The summed E-state index contributed by atoms with van der Waals surface area (Å²) in [5.41, 5.74) is 0. The van der Waals surface area contributed by atoms with Crippen LogP contribution in [0.5, 0.6) is 0 Å². The van der Waals surface area contributed by atoms with Crippen LogP contribution >= 0.6 is 8.58 Å². The molecule has 0 saturated heterocycles. The SMILES string of the molecule is CCCCN1C=CN(CCCC)C1(CCCC)PCC. The van der Waals surface area contributed by atoms with Crippen molar-refractivity contribution in [1.29, 1.82) is 0 Å². The summed E-state index contributed by atoms with van der Waals surface area (Å²) in [6, 6.07) is 0. The van der Waals surface area contributed by atoms with E-state index in [1.165, 1.54) is 64.2 Å². The molecule has 1 aliphatic heterocycles. The Labute approximate surface area is 128 Å². The molecule has 0 saturated carbocycles. The van der Waals surface area contributed by atoms with Gasteiger partial charge in [0.1, 0.15) is 5.40 Å². The van der Waals surface area contributed by atoms with E-state index < -0.39 is 0 Å². The molecule has 0 radical (unpaired) electrons. The molecule has 2 nitrogen and oxygen atoms in total. The molecule has 1 atom stereocenters. The largest absolute Gasteiger partial charge is 0.350 e. The first-order chi connectivity index (χ1) is 9.75. The summed E-state index contributed by atoms with van der Waals surface area (Å²) in [5.74, 6) is 0. The van der Waals surface area contributed by atoms with Gasteiger partial charge in [0.2, 0.25) is 0 Å². The average molecular weight is 298 g/mol. The first kappa shape index (κ1) is 17.8. The van der Waals surface area contributed by atoms with Crippen molar-refractivity contribution in [2.45, 2.75) is 78.0 Å². The summed E-state index contributed by atoms with van der Waals surface area (Å²) < 4.78 is 0. The predicted octanol–water partition coefficient (Wildman–Crippen LogP) is 5.22. The maximum atomic E-state index is 2.67. The standard InChI is InChI=1S/C17H35N2P/c1-5-9-12-17(20-8-4)18(13-10-6-2)15-16-19(17)14-11-7-3/h15-16,20H,5-14H2,1-4H3. The molecule has 20 heavy (non-hydrogen) atoms. The number of hydrogen-bond acceptors (Lipinski definition) is 2. The van der Waals surface area contributed by atoms with E-state index in [9.17, 15) is 0 Å². The summed E-state index contributed by atoms with van der Waals surface area (Å²) in [7, 11) is 1.02. The highest BCUT2D eigenvalue weighted by atomic mass is 31.1. The zero-order valence-corrected chi connectivity index (χ0v) is 15.1. The fourth-order valence-corrected chi connectivity index (χ4v) is 4.73. The highest BCUT2D eigenvalue weighted by molar-refractivity contribution is 7.39. The Morgan fingerprint density at radius 3 is 1.70 bits per heavy atom. The molecule has 1 rings (SSSR count). The molecule has 0 N–H and O–H groups in total. The molecule has 0 amide bonds. The van der Waals surface area contributed by atoms with Crippen molar-refractivity contribution >= 4 is 8.58 Å². The van der Waals surface area contributed by atoms with E-state index in [1.807, 2.05) is 0 Å². The van der Waals surface area contributed by atoms with Crippen molar-refractivity contribution in [3.63, 3.8) is 0 Å². The Bertz CT molecular complexity index is 260. The topological polar surface area (TPSA) is 6.48 Å². The third-order valence-electron chi connectivity index (χ3n) is 4.22. The molecule has 1 unspecified atom stereocenters. The summed E-state index contributed by atoms with van der Waals surface area (Å²) in [4.78, 5) is 5.34. The maximum Gasteiger partial charge on any atom is 0.128 e. The molecule has 118 valence electrons. The molecule has 1 aliphatic rings. The van der Waals surface area contributed by atoms with Crippen LogP contribution in [0.2, 0.25) is 0 Å². The predicted molar refractivity (Wildman–Crippen MR) is 93.5 cm³/mol. The molecule has 0 aliphatic carbocycles. The molecule has 3 heteroatoms. The zero-order valence-electron chi connectivity index (χ0n) is 14.1. The first-order valence-corrected chi connectivity index (χ1v) is 9.92. The van der Waals surface area contributed by atoms with E-state index in [4.69, 9.17) is 0 Å². The molecular formula is C17H35N2P. The minimum atomic E-state index is 0.315. The minimum absolute atomic E-state index is 0.315. The monoisotopic (exact) mass is 298 g/mol. The highest BCUT2D eigenvalue weighted by Crippen LogP contribution is 2.46. The lowest BCUT2D eigenvalue weighted by Gasteiger charge is -2.46. The van der Waals surface area contributed by atoms with Crippen LogP contribution in [0.15, 0.2) is 12.4 Å². The van der Waals surface area contributed by atoms with Gasteiger partial charge in [0.05, 0.1) is 0 Å². The average Bonchev–Trinajstić information content (AvgIpc) is 2.79. The Morgan fingerprint density at radius 1 is 0.800 bits per heavy atom. The molecule has 0 aromatic carbocycles. The third-order valence-corrected chi connectivity index (χ3v) is 5.97. The molecule has 0 spiro atoms. The minimum Gasteiger partial charge on any atom is -0.350 e. The Balaban J connectivity index is 2.83. The van der Waals surface area contributed by atoms with Crippen LogP contribution in [-0.4, -0.2) is 34.5 Å². The van der Waals surface area contributed by atoms with Gasteiger partial charge in [-0.15, -0.1) is 0 Å². The van der Waals surface area contributed by atoms with Gasteiger partial charge in [-0.3, -0.25) is 0 Å². The van der Waals surface area contributed by atoms with Gasteiger partial charge in [-0.1, -0.05) is 55.5 Å². The fourth-order valence-electron chi connectivity index (χ4n) is 3.03. The van der Waals surface area contributed by atoms with Crippen LogP contribution in [-0.2, 0) is 0 Å². The van der Waals surface area contributed by atoms with Crippen molar-refractivity contribution in [3.05, 3.63) is 12.4 Å². The maximum absolute atomic E-state index is 2.67. The van der Waals surface area contributed by atoms with E-state index in [-0.39, 0.29) is 0 Å². The smallest absolute Gasteiger partial charge is 0.128 e. The van der Waals surface area contributed by atoms with Crippen LogP contribution in [0, 0.1) is 0 Å². The Hall–Kier alpha value is -0.230. The normalized spacial score (nSPS) is 17.8. The second-order valence-corrected chi connectivity index (χ2v) is 7.70. The number of unbranched alkanes of at least 4 members (excludes halogenated alkanes) is 3. The first-order valence-electron chi connectivity index (χ1n) is 8.71. The van der Waals surface area contributed by atoms with E-state index in [1.54, 1.807) is 0 Å². The van der Waals surface area contributed by atoms with Crippen molar-refractivity contribution in [2.75, 3.05) is 19.3 Å². The van der Waals surface area contributed by atoms with E-state index >= 15 is 0 Å². The lowest BCUT2D eigenvalue weighted by atomic mass is 10.1. The highest BCUT2D eigenvalue weighted by Gasteiger charge is 2.41. The van der Waals surface area contributed by atoms with Crippen LogP contribution in [0.4, 0.5) is 0 Å². The van der Waals surface area contributed by atoms with E-state index in [0.29, 0.717) is 5.40 Å². The van der Waals surface area contributed by atoms with Gasteiger partial charge in [0, 0.05) is 25.5 Å². The molecular weight excluding hydrogens is 263 g/mol. The zero-order chi connectivity index (χ0) is 14.8. The lowest BCUT2D eigenvalue weighted by Crippen LogP contribution is -2.50. The van der Waals surface area contributed by atoms with Gasteiger partial charge in [-0.2, -0.15) is 0 Å². The van der Waals surface area contributed by atoms with Gasteiger partial charge in [-0.25, -0.2) is 0 Å². The van der Waals surface area contributed by atoms with Crippen LogP contribution in [0.25, 0.3) is 0 Å². The lowest BCUT2D eigenvalue weighted by molar-refractivity contribution is 0.0992. The number of rotatable bonds is 11. The summed E-state index contributed by atoms with van der Waals surface area (Å²) >= 11 is 0. The summed E-state index contributed by atoms with van der Waals surface area (Å²) in [6.45, 7) is 11.7. The number of nitrogens with zero attached hydrogens (tertiary/aromatic N) is 2. The third kappa shape index (κ3) is 4.38. The molecule has 1 heterocycles. The van der Waals surface area contributed by atoms with Crippen LogP contribution < -0.4 is 0 Å². The van der Waals surface area contributed by atoms with Gasteiger partial charge in [0.25, 0.3) is 0 Å². The molecule has 0 bridgehead atoms. The number of hydrogen-bond donors (Lipinski definition) is 0. The fraction of sp³-hybridized carbons (Fsp3) is 0.882. The Kier molecular flexibility index (Phi) is 8.61. The summed E-state index contributed by atoms with van der Waals surface area (Å²) in [6.07, 6.45) is 15.2.